The quantitative estimate of drug-likeness (QED) is 0.623. The molecule has 1 heterocycles. The van der Waals surface area contributed by atoms with Gasteiger partial charge in [-0.05, 0) is 12.3 Å². The van der Waals surface area contributed by atoms with Crippen LogP contribution in [-0.4, -0.2) is 23.9 Å². The summed E-state index contributed by atoms with van der Waals surface area (Å²) in [5.41, 5.74) is 6.10. The number of likely N-dealkylation sites (tertiary alicyclic amines) is 1. The standard InChI is InChI=1S/C8H14N2O/c1-6-3-7(2)10(4-6)5-8(9)11/h6H,2-5H2,1H3,(H2,9,11). The molecule has 11 heavy (non-hydrogen) atoms. The van der Waals surface area contributed by atoms with Gasteiger partial charge in [0.2, 0.25) is 5.91 Å². The summed E-state index contributed by atoms with van der Waals surface area (Å²) in [5.74, 6) is 0.335. The van der Waals surface area contributed by atoms with Crippen LogP contribution in [0.4, 0.5) is 0 Å². The van der Waals surface area contributed by atoms with Crippen LogP contribution in [0.5, 0.6) is 0 Å². The Morgan fingerprint density at radius 3 is 2.91 bits per heavy atom. The molecule has 1 unspecified atom stereocenters. The Bertz CT molecular complexity index is 189. The fourth-order valence-corrected chi connectivity index (χ4v) is 1.47. The third kappa shape index (κ3) is 1.97. The highest BCUT2D eigenvalue weighted by molar-refractivity contribution is 5.76. The van der Waals surface area contributed by atoms with Crippen molar-refractivity contribution in [3.8, 4) is 0 Å². The number of allylic oxidation sites excluding steroid dienone is 1. The van der Waals surface area contributed by atoms with Gasteiger partial charge in [0.25, 0.3) is 0 Å². The zero-order valence-corrected chi connectivity index (χ0v) is 6.84. The van der Waals surface area contributed by atoms with Gasteiger partial charge < -0.3 is 10.6 Å². The second kappa shape index (κ2) is 2.95. The summed E-state index contributed by atoms with van der Waals surface area (Å²) in [6.45, 7) is 7.24. The van der Waals surface area contributed by atoms with Gasteiger partial charge in [0.1, 0.15) is 0 Å². The molecular weight excluding hydrogens is 140 g/mol. The Morgan fingerprint density at radius 1 is 1.91 bits per heavy atom. The van der Waals surface area contributed by atoms with Gasteiger partial charge in [0.05, 0.1) is 6.54 Å². The summed E-state index contributed by atoms with van der Waals surface area (Å²) in [7, 11) is 0. The molecule has 0 saturated carbocycles. The van der Waals surface area contributed by atoms with Gasteiger partial charge in [-0.2, -0.15) is 0 Å². The predicted molar refractivity (Wildman–Crippen MR) is 43.7 cm³/mol. The van der Waals surface area contributed by atoms with Gasteiger partial charge in [0, 0.05) is 12.2 Å². The summed E-state index contributed by atoms with van der Waals surface area (Å²) in [6, 6.07) is 0. The number of carbonyl (C=O) groups excluding carboxylic acids is 1. The lowest BCUT2D eigenvalue weighted by molar-refractivity contribution is -0.118. The van der Waals surface area contributed by atoms with Crippen LogP contribution in [0, 0.1) is 5.92 Å². The molecule has 1 aliphatic heterocycles. The Kier molecular flexibility index (Phi) is 2.17. The molecule has 1 fully saturated rings. The van der Waals surface area contributed by atoms with Gasteiger partial charge in [-0.1, -0.05) is 13.5 Å². The summed E-state index contributed by atoms with van der Waals surface area (Å²) >= 11 is 0. The van der Waals surface area contributed by atoms with Crippen molar-refractivity contribution >= 4 is 5.91 Å². The lowest BCUT2D eigenvalue weighted by atomic mass is 10.1. The molecule has 1 atom stereocenters. The Balaban J connectivity index is 2.47. The number of hydrogen-bond acceptors (Lipinski definition) is 2. The first-order chi connectivity index (χ1) is 5.09. The summed E-state index contributed by atoms with van der Waals surface area (Å²) in [4.78, 5) is 12.5. The van der Waals surface area contributed by atoms with Crippen LogP contribution in [0.1, 0.15) is 13.3 Å². The van der Waals surface area contributed by atoms with Crippen LogP contribution in [-0.2, 0) is 4.79 Å². The Hall–Kier alpha value is -0.990. The molecule has 1 saturated heterocycles. The Morgan fingerprint density at radius 2 is 2.55 bits per heavy atom. The predicted octanol–water partition coefficient (Wildman–Crippen LogP) is 0.327. The van der Waals surface area contributed by atoms with Crippen molar-refractivity contribution in [1.82, 2.24) is 4.90 Å². The minimum absolute atomic E-state index is 0.278. The zero-order chi connectivity index (χ0) is 8.43. The maximum Gasteiger partial charge on any atom is 0.236 e. The first-order valence-corrected chi connectivity index (χ1v) is 3.80. The van der Waals surface area contributed by atoms with Crippen LogP contribution in [0.3, 0.4) is 0 Å². The van der Waals surface area contributed by atoms with Gasteiger partial charge in [0.15, 0.2) is 0 Å². The lowest BCUT2D eigenvalue weighted by Gasteiger charge is -2.16. The van der Waals surface area contributed by atoms with E-state index in [1.165, 1.54) is 0 Å². The van der Waals surface area contributed by atoms with E-state index >= 15 is 0 Å². The van der Waals surface area contributed by atoms with E-state index in [1.807, 2.05) is 4.90 Å². The third-order valence-corrected chi connectivity index (χ3v) is 1.91. The van der Waals surface area contributed by atoms with E-state index in [0.717, 1.165) is 18.7 Å². The first-order valence-electron chi connectivity index (χ1n) is 3.80. The minimum Gasteiger partial charge on any atom is -0.368 e. The highest BCUT2D eigenvalue weighted by Gasteiger charge is 2.22. The van der Waals surface area contributed by atoms with Crippen molar-refractivity contribution in [2.24, 2.45) is 11.7 Å². The molecule has 1 rings (SSSR count). The fourth-order valence-electron chi connectivity index (χ4n) is 1.47. The minimum atomic E-state index is -0.278. The second-order valence-electron chi connectivity index (χ2n) is 3.22. The van der Waals surface area contributed by atoms with Crippen molar-refractivity contribution in [1.29, 1.82) is 0 Å². The molecule has 3 heteroatoms. The number of rotatable bonds is 2. The van der Waals surface area contributed by atoms with E-state index in [-0.39, 0.29) is 5.91 Å². The molecule has 3 nitrogen and oxygen atoms in total. The van der Waals surface area contributed by atoms with Gasteiger partial charge in [-0.25, -0.2) is 0 Å². The van der Waals surface area contributed by atoms with E-state index in [4.69, 9.17) is 5.73 Å². The number of hydrogen-bond donors (Lipinski definition) is 1. The smallest absolute Gasteiger partial charge is 0.236 e. The second-order valence-corrected chi connectivity index (χ2v) is 3.22. The summed E-state index contributed by atoms with van der Waals surface area (Å²) in [5, 5.41) is 0. The number of primary amides is 1. The van der Waals surface area contributed by atoms with E-state index in [9.17, 15) is 4.79 Å². The highest BCUT2D eigenvalue weighted by atomic mass is 16.1. The number of nitrogens with zero attached hydrogens (tertiary/aromatic N) is 1. The van der Waals surface area contributed by atoms with Gasteiger partial charge in [-0.3, -0.25) is 4.79 Å². The van der Waals surface area contributed by atoms with Crippen LogP contribution < -0.4 is 5.73 Å². The summed E-state index contributed by atoms with van der Waals surface area (Å²) in [6.07, 6.45) is 0.993. The number of amides is 1. The maximum atomic E-state index is 10.5. The highest BCUT2D eigenvalue weighted by Crippen LogP contribution is 2.23. The normalized spacial score (nSPS) is 24.3. The van der Waals surface area contributed by atoms with Crippen molar-refractivity contribution < 1.29 is 4.79 Å². The van der Waals surface area contributed by atoms with Gasteiger partial charge in [-0.15, -0.1) is 0 Å². The molecule has 0 radical (unpaired) electrons. The lowest BCUT2D eigenvalue weighted by Crippen LogP contribution is -2.30. The first kappa shape index (κ1) is 8.11. The van der Waals surface area contributed by atoms with Crippen molar-refractivity contribution in [3.05, 3.63) is 12.3 Å². The van der Waals surface area contributed by atoms with Crippen molar-refractivity contribution in [2.75, 3.05) is 13.1 Å². The topological polar surface area (TPSA) is 46.3 Å². The number of nitrogens with two attached hydrogens (primary N) is 1. The average Bonchev–Trinajstić information content (AvgIpc) is 2.09. The van der Waals surface area contributed by atoms with Crippen LogP contribution in [0.15, 0.2) is 12.3 Å². The van der Waals surface area contributed by atoms with E-state index in [0.29, 0.717) is 12.5 Å². The molecule has 0 spiro atoms. The van der Waals surface area contributed by atoms with Crippen LogP contribution in [0.25, 0.3) is 0 Å². The summed E-state index contributed by atoms with van der Waals surface area (Å²) < 4.78 is 0. The SMILES string of the molecule is C=C1CC(C)CN1CC(N)=O. The molecule has 2 N–H and O–H groups in total. The molecular formula is C8H14N2O. The van der Waals surface area contributed by atoms with Crippen LogP contribution in [0.2, 0.25) is 0 Å². The molecule has 0 aromatic carbocycles. The molecule has 0 aromatic rings. The van der Waals surface area contributed by atoms with E-state index in [2.05, 4.69) is 13.5 Å². The van der Waals surface area contributed by atoms with Crippen LogP contribution >= 0.6 is 0 Å². The zero-order valence-electron chi connectivity index (χ0n) is 6.84. The molecule has 0 aromatic heterocycles. The molecule has 1 aliphatic rings. The fraction of sp³-hybridized carbons (Fsp3) is 0.625. The van der Waals surface area contributed by atoms with E-state index in [1.54, 1.807) is 0 Å². The van der Waals surface area contributed by atoms with Crippen molar-refractivity contribution in [3.63, 3.8) is 0 Å². The molecule has 1 amide bonds. The molecule has 0 bridgehead atoms. The molecule has 0 aliphatic carbocycles. The third-order valence-electron chi connectivity index (χ3n) is 1.91. The monoisotopic (exact) mass is 154 g/mol. The van der Waals surface area contributed by atoms with Crippen molar-refractivity contribution in [2.45, 2.75) is 13.3 Å². The number of carbonyl (C=O) groups is 1. The molecule has 62 valence electrons. The largest absolute Gasteiger partial charge is 0.368 e. The Labute approximate surface area is 66.9 Å². The maximum absolute atomic E-state index is 10.5. The van der Waals surface area contributed by atoms with Gasteiger partial charge >= 0.3 is 0 Å². The van der Waals surface area contributed by atoms with E-state index < -0.39 is 0 Å². The average molecular weight is 154 g/mol.